The van der Waals surface area contributed by atoms with Gasteiger partial charge in [0.15, 0.2) is 0 Å². The molecule has 4 rings (SSSR count). The van der Waals surface area contributed by atoms with Crippen molar-refractivity contribution in [3.8, 4) is 10.4 Å². The minimum absolute atomic E-state index is 0.0401. The number of hydrogen-bond donors (Lipinski definition) is 1. The maximum Gasteiger partial charge on any atom is 0.416 e. The molecule has 2 N–H and O–H groups in total. The number of hydrogen-bond acceptors (Lipinski definition) is 4. The van der Waals surface area contributed by atoms with E-state index >= 15 is 0 Å². The molecule has 0 spiro atoms. The zero-order valence-electron chi connectivity index (χ0n) is 15.3. The first kappa shape index (κ1) is 19.4. The van der Waals surface area contributed by atoms with Crippen LogP contribution in [-0.2, 0) is 6.18 Å². The highest BCUT2D eigenvalue weighted by Gasteiger charge is 2.35. The number of benzene rings is 1. The van der Waals surface area contributed by atoms with Gasteiger partial charge in [-0.15, -0.1) is 11.3 Å². The third-order valence-electron chi connectivity index (χ3n) is 5.39. The summed E-state index contributed by atoms with van der Waals surface area (Å²) in [5, 5.41) is 0.845. The standard InChI is InChI=1S/C20H22F3N3OS/c21-20(22,23)14-5-3-4-13(10-14)17-16(25-18(28-17)12-7-8-12)19(27)26-9-2-1-6-15(26)11-24/h3-5,10,12,15H,1-2,6-9,11,24H2/t15-/m0/s1. The zero-order valence-corrected chi connectivity index (χ0v) is 16.2. The van der Waals surface area contributed by atoms with Crippen molar-refractivity contribution in [1.29, 1.82) is 0 Å². The van der Waals surface area contributed by atoms with Crippen molar-refractivity contribution in [3.05, 3.63) is 40.5 Å². The molecule has 2 heterocycles. The first-order valence-electron chi connectivity index (χ1n) is 9.58. The van der Waals surface area contributed by atoms with Crippen LogP contribution >= 0.6 is 11.3 Å². The average Bonchev–Trinajstić information content (AvgIpc) is 3.45. The molecule has 2 aliphatic rings. The number of piperidine rings is 1. The van der Waals surface area contributed by atoms with Crippen LogP contribution in [0, 0.1) is 0 Å². The summed E-state index contributed by atoms with van der Waals surface area (Å²) in [4.78, 5) is 20.2. The van der Waals surface area contributed by atoms with Crippen LogP contribution in [0.2, 0.25) is 0 Å². The van der Waals surface area contributed by atoms with Crippen molar-refractivity contribution in [1.82, 2.24) is 9.88 Å². The summed E-state index contributed by atoms with van der Waals surface area (Å²) in [5.74, 6) is 0.105. The summed E-state index contributed by atoms with van der Waals surface area (Å²) >= 11 is 1.35. The summed E-state index contributed by atoms with van der Waals surface area (Å²) in [6, 6.07) is 5.11. The largest absolute Gasteiger partial charge is 0.416 e. The summed E-state index contributed by atoms with van der Waals surface area (Å²) in [7, 11) is 0. The van der Waals surface area contributed by atoms with E-state index in [2.05, 4.69) is 4.98 Å². The number of nitrogens with two attached hydrogens (primary N) is 1. The molecule has 0 bridgehead atoms. The summed E-state index contributed by atoms with van der Waals surface area (Å²) < 4.78 is 39.5. The Labute approximate surface area is 165 Å². The molecule has 28 heavy (non-hydrogen) atoms. The Bertz CT molecular complexity index is 876. The van der Waals surface area contributed by atoms with Gasteiger partial charge in [-0.25, -0.2) is 4.98 Å². The van der Waals surface area contributed by atoms with Crippen LogP contribution in [0.3, 0.4) is 0 Å². The molecule has 1 aliphatic carbocycles. The van der Waals surface area contributed by atoms with Crippen molar-refractivity contribution in [2.24, 2.45) is 5.73 Å². The highest BCUT2D eigenvalue weighted by atomic mass is 32.1. The molecular formula is C20H22F3N3OS. The molecule has 2 fully saturated rings. The second-order valence-corrected chi connectivity index (χ2v) is 8.50. The molecule has 1 aliphatic heterocycles. The van der Waals surface area contributed by atoms with Gasteiger partial charge in [0.25, 0.3) is 5.91 Å². The predicted octanol–water partition coefficient (Wildman–Crippen LogP) is 4.66. The number of amides is 1. The van der Waals surface area contributed by atoms with Gasteiger partial charge in [0.1, 0.15) is 5.69 Å². The Morgan fingerprint density at radius 2 is 2.04 bits per heavy atom. The third kappa shape index (κ3) is 3.80. The molecule has 4 nitrogen and oxygen atoms in total. The fourth-order valence-corrected chi connectivity index (χ4v) is 4.89. The third-order valence-corrected chi connectivity index (χ3v) is 6.65. The summed E-state index contributed by atoms with van der Waals surface area (Å²) in [6.07, 6.45) is 0.371. The normalized spacial score (nSPS) is 20.4. The van der Waals surface area contributed by atoms with Gasteiger partial charge in [-0.05, 0) is 49.8 Å². The van der Waals surface area contributed by atoms with E-state index in [9.17, 15) is 18.0 Å². The number of halogens is 3. The molecule has 1 amide bonds. The molecule has 0 radical (unpaired) electrons. The van der Waals surface area contributed by atoms with Crippen LogP contribution < -0.4 is 5.73 Å². The van der Waals surface area contributed by atoms with Crippen molar-refractivity contribution >= 4 is 17.2 Å². The van der Waals surface area contributed by atoms with Crippen molar-refractivity contribution in [2.45, 2.75) is 50.2 Å². The monoisotopic (exact) mass is 409 g/mol. The lowest BCUT2D eigenvalue weighted by Gasteiger charge is -2.34. The van der Waals surface area contributed by atoms with E-state index in [1.807, 2.05) is 0 Å². The molecule has 150 valence electrons. The van der Waals surface area contributed by atoms with Crippen LogP contribution in [-0.4, -0.2) is 34.9 Å². The van der Waals surface area contributed by atoms with Gasteiger partial charge in [-0.1, -0.05) is 12.1 Å². The van der Waals surface area contributed by atoms with Gasteiger partial charge in [0, 0.05) is 25.0 Å². The van der Waals surface area contributed by atoms with Crippen LogP contribution in [0.25, 0.3) is 10.4 Å². The minimum Gasteiger partial charge on any atom is -0.333 e. The highest BCUT2D eigenvalue weighted by molar-refractivity contribution is 7.15. The van der Waals surface area contributed by atoms with E-state index in [0.29, 0.717) is 29.4 Å². The fourth-order valence-electron chi connectivity index (χ4n) is 3.67. The van der Waals surface area contributed by atoms with Gasteiger partial charge in [0.2, 0.25) is 0 Å². The van der Waals surface area contributed by atoms with Gasteiger partial charge in [-0.2, -0.15) is 13.2 Å². The number of aromatic nitrogens is 1. The Balaban J connectivity index is 1.75. The van der Waals surface area contributed by atoms with Gasteiger partial charge in [-0.3, -0.25) is 4.79 Å². The van der Waals surface area contributed by atoms with Crippen LogP contribution in [0.15, 0.2) is 24.3 Å². The van der Waals surface area contributed by atoms with Crippen LogP contribution in [0.4, 0.5) is 13.2 Å². The average molecular weight is 409 g/mol. The SMILES string of the molecule is NC[C@@H]1CCCCN1C(=O)c1nc(C2CC2)sc1-c1cccc(C(F)(F)F)c1. The Hall–Kier alpha value is -1.93. The van der Waals surface area contributed by atoms with E-state index in [1.54, 1.807) is 11.0 Å². The van der Waals surface area contributed by atoms with Crippen molar-refractivity contribution < 1.29 is 18.0 Å². The molecule has 1 saturated carbocycles. The summed E-state index contributed by atoms with van der Waals surface area (Å²) in [5.41, 5.74) is 5.80. The molecule has 8 heteroatoms. The smallest absolute Gasteiger partial charge is 0.333 e. The molecule has 0 unspecified atom stereocenters. The molecular weight excluding hydrogens is 387 g/mol. The number of likely N-dealkylation sites (tertiary alicyclic amines) is 1. The maximum atomic E-state index is 13.3. The lowest BCUT2D eigenvalue weighted by atomic mass is 10.0. The number of carbonyl (C=O) groups is 1. The fraction of sp³-hybridized carbons (Fsp3) is 0.500. The van der Waals surface area contributed by atoms with E-state index in [-0.39, 0.29) is 17.6 Å². The number of alkyl halides is 3. The van der Waals surface area contributed by atoms with Crippen LogP contribution in [0.5, 0.6) is 0 Å². The second-order valence-electron chi connectivity index (χ2n) is 7.47. The first-order chi connectivity index (χ1) is 13.4. The topological polar surface area (TPSA) is 59.2 Å². The first-order valence-corrected chi connectivity index (χ1v) is 10.4. The molecule has 1 atom stereocenters. The predicted molar refractivity (Wildman–Crippen MR) is 102 cm³/mol. The van der Waals surface area contributed by atoms with Crippen LogP contribution in [0.1, 0.15) is 59.1 Å². The number of rotatable bonds is 4. The van der Waals surface area contributed by atoms with E-state index < -0.39 is 11.7 Å². The Morgan fingerprint density at radius 1 is 1.25 bits per heavy atom. The molecule has 1 aromatic carbocycles. The molecule has 1 saturated heterocycles. The molecule has 2 aromatic rings. The quantitative estimate of drug-likeness (QED) is 0.799. The lowest BCUT2D eigenvalue weighted by Crippen LogP contribution is -2.47. The maximum absolute atomic E-state index is 13.3. The number of nitrogens with zero attached hydrogens (tertiary/aromatic N) is 2. The second kappa shape index (κ2) is 7.48. The Morgan fingerprint density at radius 3 is 2.71 bits per heavy atom. The lowest BCUT2D eigenvalue weighted by molar-refractivity contribution is -0.137. The van der Waals surface area contributed by atoms with Gasteiger partial charge < -0.3 is 10.6 Å². The minimum atomic E-state index is -4.43. The van der Waals surface area contributed by atoms with Crippen molar-refractivity contribution in [3.63, 3.8) is 0 Å². The molecule has 1 aromatic heterocycles. The van der Waals surface area contributed by atoms with E-state index in [0.717, 1.165) is 49.2 Å². The van der Waals surface area contributed by atoms with E-state index in [1.165, 1.54) is 17.4 Å². The summed E-state index contributed by atoms with van der Waals surface area (Å²) in [6.45, 7) is 0.989. The Kier molecular flexibility index (Phi) is 5.18. The highest BCUT2D eigenvalue weighted by Crippen LogP contribution is 2.45. The van der Waals surface area contributed by atoms with Gasteiger partial charge >= 0.3 is 6.18 Å². The van der Waals surface area contributed by atoms with Gasteiger partial charge in [0.05, 0.1) is 15.4 Å². The zero-order chi connectivity index (χ0) is 19.9. The van der Waals surface area contributed by atoms with Crippen molar-refractivity contribution in [2.75, 3.05) is 13.1 Å². The number of thiazole rings is 1. The number of carbonyl (C=O) groups excluding carboxylic acids is 1. The van der Waals surface area contributed by atoms with E-state index in [4.69, 9.17) is 5.73 Å².